The van der Waals surface area contributed by atoms with Crippen molar-refractivity contribution in [1.29, 1.82) is 0 Å². The van der Waals surface area contributed by atoms with Gasteiger partial charge in [-0.25, -0.2) is 9.48 Å². The number of terminal acetylenes is 1. The highest BCUT2D eigenvalue weighted by Crippen LogP contribution is 2.24. The van der Waals surface area contributed by atoms with E-state index < -0.39 is 11.5 Å². The maximum Gasteiger partial charge on any atom is 0.330 e. The predicted octanol–water partition coefficient (Wildman–Crippen LogP) is 0.273. The Bertz CT molecular complexity index is 662. The Balaban J connectivity index is 2.43. The van der Waals surface area contributed by atoms with E-state index in [-0.39, 0.29) is 6.54 Å². The van der Waals surface area contributed by atoms with E-state index in [9.17, 15) is 4.79 Å². The van der Waals surface area contributed by atoms with Gasteiger partial charge in [0.2, 0.25) is 0 Å². The number of aromatic nitrogens is 4. The molecule has 0 radical (unpaired) electrons. The molecular weight excluding hydrogens is 270 g/mol. The van der Waals surface area contributed by atoms with Crippen molar-refractivity contribution in [3.63, 3.8) is 0 Å². The third-order valence-corrected chi connectivity index (χ3v) is 3.17. The molecule has 1 aromatic heterocycles. The van der Waals surface area contributed by atoms with Gasteiger partial charge in [0.15, 0.2) is 0 Å². The lowest BCUT2D eigenvalue weighted by molar-refractivity contribution is -0.148. The third kappa shape index (κ3) is 2.90. The van der Waals surface area contributed by atoms with Crippen LogP contribution in [0.25, 0.3) is 5.69 Å². The van der Waals surface area contributed by atoms with Gasteiger partial charge in [0.1, 0.15) is 11.9 Å². The average molecular weight is 285 g/mol. The van der Waals surface area contributed by atoms with Crippen LogP contribution in [0.2, 0.25) is 0 Å². The molecule has 1 N–H and O–H groups in total. The van der Waals surface area contributed by atoms with Gasteiger partial charge in [0.25, 0.3) is 0 Å². The highest BCUT2D eigenvalue weighted by Gasteiger charge is 2.36. The molecule has 1 atom stereocenters. The van der Waals surface area contributed by atoms with Gasteiger partial charge < -0.3 is 4.74 Å². The number of rotatable bonds is 5. The van der Waals surface area contributed by atoms with E-state index in [0.717, 1.165) is 5.69 Å². The normalized spacial score (nSPS) is 13.2. The number of tetrazole rings is 1. The monoisotopic (exact) mass is 285 g/mol. The molecule has 0 saturated heterocycles. The first-order valence-electron chi connectivity index (χ1n) is 6.22. The fraction of sp³-hybridized carbons (Fsp3) is 0.286. The van der Waals surface area contributed by atoms with Crippen LogP contribution >= 0.6 is 0 Å². The standard InChI is InChI=1S/C14H15N5O2/c1-4-8-15-14(2,13(20)21-3)11-6-5-7-12(9-11)19-10-16-17-18-19/h1,5-7,9-10,15H,8H2,2-3H3. The molecule has 0 aliphatic heterocycles. The highest BCUT2D eigenvalue weighted by atomic mass is 16.5. The number of esters is 1. The van der Waals surface area contributed by atoms with Gasteiger partial charge in [0.05, 0.1) is 19.3 Å². The summed E-state index contributed by atoms with van der Waals surface area (Å²) in [5.41, 5.74) is 0.387. The predicted molar refractivity (Wildman–Crippen MR) is 75.4 cm³/mol. The zero-order valence-corrected chi connectivity index (χ0v) is 11.8. The van der Waals surface area contributed by atoms with Gasteiger partial charge in [-0.2, -0.15) is 0 Å². The second-order valence-corrected chi connectivity index (χ2v) is 4.48. The van der Waals surface area contributed by atoms with Crippen LogP contribution in [0.5, 0.6) is 0 Å². The smallest absolute Gasteiger partial charge is 0.330 e. The third-order valence-electron chi connectivity index (χ3n) is 3.17. The summed E-state index contributed by atoms with van der Waals surface area (Å²) in [6.45, 7) is 1.95. The van der Waals surface area contributed by atoms with Crippen LogP contribution in [-0.2, 0) is 15.1 Å². The molecule has 0 bridgehead atoms. The van der Waals surface area contributed by atoms with Gasteiger partial charge in [-0.15, -0.1) is 11.5 Å². The Labute approximate surface area is 122 Å². The first-order valence-corrected chi connectivity index (χ1v) is 6.22. The summed E-state index contributed by atoms with van der Waals surface area (Å²) in [5, 5.41) is 14.0. The minimum Gasteiger partial charge on any atom is -0.467 e. The van der Waals surface area contributed by atoms with Gasteiger partial charge in [-0.1, -0.05) is 18.1 Å². The minimum atomic E-state index is -1.05. The van der Waals surface area contributed by atoms with Crippen molar-refractivity contribution < 1.29 is 9.53 Å². The zero-order chi connectivity index (χ0) is 15.3. The molecule has 21 heavy (non-hydrogen) atoms. The topological polar surface area (TPSA) is 81.9 Å². The number of methoxy groups -OCH3 is 1. The number of nitrogens with zero attached hydrogens (tertiary/aromatic N) is 4. The molecule has 1 heterocycles. The quantitative estimate of drug-likeness (QED) is 0.627. The van der Waals surface area contributed by atoms with E-state index in [1.165, 1.54) is 18.1 Å². The Morgan fingerprint density at radius 3 is 3.00 bits per heavy atom. The summed E-state index contributed by atoms with van der Waals surface area (Å²) >= 11 is 0. The van der Waals surface area contributed by atoms with Crippen molar-refractivity contribution in [2.45, 2.75) is 12.5 Å². The Kier molecular flexibility index (Phi) is 4.30. The van der Waals surface area contributed by atoms with E-state index in [1.807, 2.05) is 18.2 Å². The maximum absolute atomic E-state index is 12.1. The van der Waals surface area contributed by atoms with Crippen LogP contribution in [0.3, 0.4) is 0 Å². The average Bonchev–Trinajstić information content (AvgIpc) is 3.06. The van der Waals surface area contributed by atoms with Crippen LogP contribution in [0, 0.1) is 12.3 Å². The minimum absolute atomic E-state index is 0.237. The van der Waals surface area contributed by atoms with E-state index in [2.05, 4.69) is 26.8 Å². The molecule has 2 rings (SSSR count). The van der Waals surface area contributed by atoms with Gasteiger partial charge in [0, 0.05) is 0 Å². The van der Waals surface area contributed by atoms with Crippen molar-refractivity contribution in [1.82, 2.24) is 25.5 Å². The number of hydrogen-bond acceptors (Lipinski definition) is 6. The summed E-state index contributed by atoms with van der Waals surface area (Å²) in [6, 6.07) is 7.26. The summed E-state index contributed by atoms with van der Waals surface area (Å²) in [5.74, 6) is 2.03. The second-order valence-electron chi connectivity index (χ2n) is 4.48. The molecule has 108 valence electrons. The lowest BCUT2D eigenvalue weighted by Crippen LogP contribution is -2.47. The fourth-order valence-corrected chi connectivity index (χ4v) is 1.96. The Morgan fingerprint density at radius 1 is 1.57 bits per heavy atom. The van der Waals surface area contributed by atoms with Crippen LogP contribution in [0.1, 0.15) is 12.5 Å². The number of carbonyl (C=O) groups is 1. The molecule has 0 aliphatic rings. The Hall–Kier alpha value is -2.72. The van der Waals surface area contributed by atoms with Crippen molar-refractivity contribution in [2.24, 2.45) is 0 Å². The number of benzene rings is 1. The Morgan fingerprint density at radius 2 is 2.38 bits per heavy atom. The second kappa shape index (κ2) is 6.15. The van der Waals surface area contributed by atoms with Crippen LogP contribution in [0.15, 0.2) is 30.6 Å². The van der Waals surface area contributed by atoms with Gasteiger partial charge in [-0.05, 0) is 35.0 Å². The summed E-state index contributed by atoms with van der Waals surface area (Å²) in [6.07, 6.45) is 6.74. The van der Waals surface area contributed by atoms with Crippen molar-refractivity contribution in [3.8, 4) is 18.0 Å². The molecule has 0 aliphatic carbocycles. The molecule has 1 aromatic carbocycles. The number of hydrogen-bond donors (Lipinski definition) is 1. The highest BCUT2D eigenvalue weighted by molar-refractivity contribution is 5.82. The molecule has 0 amide bonds. The van der Waals surface area contributed by atoms with Crippen molar-refractivity contribution in [3.05, 3.63) is 36.2 Å². The van der Waals surface area contributed by atoms with E-state index in [4.69, 9.17) is 11.2 Å². The van der Waals surface area contributed by atoms with E-state index >= 15 is 0 Å². The van der Waals surface area contributed by atoms with Crippen LogP contribution in [-0.4, -0.2) is 39.8 Å². The molecule has 1 unspecified atom stereocenters. The van der Waals surface area contributed by atoms with Gasteiger partial charge >= 0.3 is 5.97 Å². The molecule has 7 heteroatoms. The number of carbonyl (C=O) groups excluding carboxylic acids is 1. The summed E-state index contributed by atoms with van der Waals surface area (Å²) < 4.78 is 6.38. The fourth-order valence-electron chi connectivity index (χ4n) is 1.96. The van der Waals surface area contributed by atoms with E-state index in [0.29, 0.717) is 5.56 Å². The molecule has 7 nitrogen and oxygen atoms in total. The SMILES string of the molecule is C#CCNC(C)(C(=O)OC)c1cccc(-n2cnnn2)c1. The summed E-state index contributed by atoms with van der Waals surface area (Å²) in [7, 11) is 1.34. The molecular formula is C14H15N5O2. The van der Waals surface area contributed by atoms with Crippen LogP contribution < -0.4 is 5.32 Å². The van der Waals surface area contributed by atoms with Crippen molar-refractivity contribution >= 4 is 5.97 Å². The molecule has 2 aromatic rings. The van der Waals surface area contributed by atoms with E-state index in [1.54, 1.807) is 13.0 Å². The summed E-state index contributed by atoms with van der Waals surface area (Å²) in [4.78, 5) is 12.1. The number of nitrogens with one attached hydrogen (secondary N) is 1. The first kappa shape index (κ1) is 14.7. The van der Waals surface area contributed by atoms with Crippen molar-refractivity contribution in [2.75, 3.05) is 13.7 Å². The molecule has 0 spiro atoms. The molecule has 0 fully saturated rings. The molecule has 0 saturated carbocycles. The van der Waals surface area contributed by atoms with Gasteiger partial charge in [-0.3, -0.25) is 5.32 Å². The lowest BCUT2D eigenvalue weighted by Gasteiger charge is -2.28. The largest absolute Gasteiger partial charge is 0.467 e. The maximum atomic E-state index is 12.1. The lowest BCUT2D eigenvalue weighted by atomic mass is 9.91. The number of ether oxygens (including phenoxy) is 1. The van der Waals surface area contributed by atoms with Crippen LogP contribution in [0.4, 0.5) is 0 Å². The zero-order valence-electron chi connectivity index (χ0n) is 11.8. The first-order chi connectivity index (χ1) is 10.1.